The van der Waals surface area contributed by atoms with Crippen molar-refractivity contribution >= 4 is 17.0 Å². The monoisotopic (exact) mass is 294 g/mol. The Hall–Kier alpha value is -2.75. The average Bonchev–Trinajstić information content (AvgIpc) is 3.08. The van der Waals surface area contributed by atoms with Crippen molar-refractivity contribution in [3.8, 4) is 0 Å². The first-order valence-corrected chi connectivity index (χ1v) is 7.18. The van der Waals surface area contributed by atoms with E-state index in [-0.39, 0.29) is 5.91 Å². The van der Waals surface area contributed by atoms with Crippen LogP contribution in [0.4, 0.5) is 0 Å². The number of aromatic nitrogens is 1. The Labute approximate surface area is 129 Å². The van der Waals surface area contributed by atoms with Gasteiger partial charge in [-0.15, -0.1) is 0 Å². The second-order valence-electron chi connectivity index (χ2n) is 5.41. The predicted octanol–water partition coefficient (Wildman–Crippen LogP) is 3.74. The molecule has 0 atom stereocenters. The molecular weight excluding hydrogens is 276 g/mol. The Morgan fingerprint density at radius 3 is 2.77 bits per heavy atom. The highest BCUT2D eigenvalue weighted by molar-refractivity contribution is 5.97. The van der Waals surface area contributed by atoms with Crippen molar-refractivity contribution < 1.29 is 9.21 Å². The lowest BCUT2D eigenvalue weighted by molar-refractivity contribution is 0.0942. The van der Waals surface area contributed by atoms with Crippen LogP contribution in [0.25, 0.3) is 11.1 Å². The number of hydrogen-bond donors (Lipinski definition) is 1. The van der Waals surface area contributed by atoms with Gasteiger partial charge >= 0.3 is 0 Å². The normalized spacial score (nSPS) is 10.8. The molecule has 0 unspecified atom stereocenters. The largest absolute Gasteiger partial charge is 0.463 e. The van der Waals surface area contributed by atoms with E-state index < -0.39 is 0 Å². The zero-order valence-corrected chi connectivity index (χ0v) is 12.5. The van der Waals surface area contributed by atoms with Crippen molar-refractivity contribution in [1.82, 2.24) is 9.88 Å². The van der Waals surface area contributed by atoms with Gasteiger partial charge in [0.25, 0.3) is 5.91 Å². The molecule has 3 rings (SSSR count). The van der Waals surface area contributed by atoms with Crippen LogP contribution < -0.4 is 5.32 Å². The van der Waals surface area contributed by atoms with E-state index in [1.54, 1.807) is 12.3 Å². The Bertz CT molecular complexity index is 812. The first-order chi connectivity index (χ1) is 10.6. The summed E-state index contributed by atoms with van der Waals surface area (Å²) in [5, 5.41) is 2.95. The fourth-order valence-corrected chi connectivity index (χ4v) is 2.47. The van der Waals surface area contributed by atoms with Gasteiger partial charge in [-0.05, 0) is 12.5 Å². The standard InChI is InChI=1S/C18H18N2O2/c1-13(2)12-20-15-8-9-22-17(15)10-16(20)18(21)19-11-14-6-4-3-5-7-14/h3-10H,1,11-12H2,2H3,(H,19,21). The molecule has 0 fully saturated rings. The summed E-state index contributed by atoms with van der Waals surface area (Å²) in [6.07, 6.45) is 1.63. The number of furan rings is 1. The maximum absolute atomic E-state index is 12.5. The number of benzene rings is 1. The van der Waals surface area contributed by atoms with Crippen LogP contribution in [0.1, 0.15) is 23.0 Å². The van der Waals surface area contributed by atoms with Crippen LogP contribution in [-0.4, -0.2) is 10.5 Å². The molecule has 2 aromatic heterocycles. The van der Waals surface area contributed by atoms with Gasteiger partial charge in [0.15, 0.2) is 5.58 Å². The van der Waals surface area contributed by atoms with Gasteiger partial charge in [0, 0.05) is 25.2 Å². The number of carbonyl (C=O) groups excluding carboxylic acids is 1. The maximum atomic E-state index is 12.5. The molecule has 0 radical (unpaired) electrons. The van der Waals surface area contributed by atoms with Crippen LogP contribution in [0, 0.1) is 0 Å². The molecule has 0 aliphatic rings. The molecule has 0 bridgehead atoms. The molecule has 1 amide bonds. The third-order valence-electron chi connectivity index (χ3n) is 3.48. The highest BCUT2D eigenvalue weighted by Crippen LogP contribution is 2.22. The Kier molecular flexibility index (Phi) is 3.83. The van der Waals surface area contributed by atoms with E-state index in [9.17, 15) is 4.79 Å². The lowest BCUT2D eigenvalue weighted by Crippen LogP contribution is -2.25. The van der Waals surface area contributed by atoms with E-state index in [4.69, 9.17) is 4.42 Å². The molecule has 0 saturated heterocycles. The first kappa shape index (κ1) is 14.2. The Morgan fingerprint density at radius 1 is 1.27 bits per heavy atom. The van der Waals surface area contributed by atoms with Gasteiger partial charge < -0.3 is 14.3 Å². The average molecular weight is 294 g/mol. The van der Waals surface area contributed by atoms with Crippen molar-refractivity contribution in [1.29, 1.82) is 0 Å². The van der Waals surface area contributed by atoms with E-state index >= 15 is 0 Å². The highest BCUT2D eigenvalue weighted by Gasteiger charge is 2.17. The number of rotatable bonds is 5. The van der Waals surface area contributed by atoms with E-state index in [1.165, 1.54) is 0 Å². The summed E-state index contributed by atoms with van der Waals surface area (Å²) < 4.78 is 7.34. The minimum Gasteiger partial charge on any atom is -0.463 e. The lowest BCUT2D eigenvalue weighted by Gasteiger charge is -2.10. The second-order valence-corrected chi connectivity index (χ2v) is 5.41. The molecule has 2 heterocycles. The van der Waals surface area contributed by atoms with E-state index in [1.807, 2.05) is 47.9 Å². The smallest absolute Gasteiger partial charge is 0.268 e. The number of allylic oxidation sites excluding steroid dienone is 1. The molecule has 0 aliphatic carbocycles. The van der Waals surface area contributed by atoms with Gasteiger partial charge in [-0.25, -0.2) is 0 Å². The van der Waals surface area contributed by atoms with Gasteiger partial charge in [-0.3, -0.25) is 4.79 Å². The van der Waals surface area contributed by atoms with E-state index in [0.29, 0.717) is 24.4 Å². The topological polar surface area (TPSA) is 47.2 Å². The molecule has 3 aromatic rings. The first-order valence-electron chi connectivity index (χ1n) is 7.18. The molecule has 1 aromatic carbocycles. The van der Waals surface area contributed by atoms with Gasteiger partial charge in [-0.1, -0.05) is 42.5 Å². The van der Waals surface area contributed by atoms with E-state index in [0.717, 1.165) is 16.7 Å². The minimum atomic E-state index is -0.114. The molecular formula is C18H18N2O2. The summed E-state index contributed by atoms with van der Waals surface area (Å²) in [4.78, 5) is 12.5. The Morgan fingerprint density at radius 2 is 2.05 bits per heavy atom. The van der Waals surface area contributed by atoms with Crippen LogP contribution in [-0.2, 0) is 13.1 Å². The SMILES string of the molecule is C=C(C)Cn1c(C(=O)NCc2ccccc2)cc2occc21. The van der Waals surface area contributed by atoms with Crippen molar-refractivity contribution in [2.45, 2.75) is 20.0 Å². The van der Waals surface area contributed by atoms with E-state index in [2.05, 4.69) is 11.9 Å². The fourth-order valence-electron chi connectivity index (χ4n) is 2.47. The second kappa shape index (κ2) is 5.93. The molecule has 4 heteroatoms. The molecule has 0 spiro atoms. The zero-order chi connectivity index (χ0) is 15.5. The quantitative estimate of drug-likeness (QED) is 0.729. The molecule has 4 nitrogen and oxygen atoms in total. The summed E-state index contributed by atoms with van der Waals surface area (Å²) in [6.45, 7) is 6.97. The molecule has 22 heavy (non-hydrogen) atoms. The van der Waals surface area contributed by atoms with Gasteiger partial charge in [0.05, 0.1) is 11.8 Å². The summed E-state index contributed by atoms with van der Waals surface area (Å²) in [5.74, 6) is -0.114. The Balaban J connectivity index is 1.83. The van der Waals surface area contributed by atoms with Crippen molar-refractivity contribution in [2.24, 2.45) is 0 Å². The minimum absolute atomic E-state index is 0.114. The number of nitrogens with zero attached hydrogens (tertiary/aromatic N) is 1. The van der Waals surface area contributed by atoms with Gasteiger partial charge in [0.1, 0.15) is 5.69 Å². The van der Waals surface area contributed by atoms with Crippen molar-refractivity contribution in [3.63, 3.8) is 0 Å². The van der Waals surface area contributed by atoms with Crippen LogP contribution >= 0.6 is 0 Å². The summed E-state index contributed by atoms with van der Waals surface area (Å²) in [6, 6.07) is 13.5. The zero-order valence-electron chi connectivity index (χ0n) is 12.5. The number of fused-ring (bicyclic) bond motifs is 1. The van der Waals surface area contributed by atoms with Crippen LogP contribution in [0.15, 0.2) is 65.3 Å². The highest BCUT2D eigenvalue weighted by atomic mass is 16.3. The molecule has 0 saturated carbocycles. The number of amides is 1. The molecule has 1 N–H and O–H groups in total. The molecule has 0 aliphatic heterocycles. The van der Waals surface area contributed by atoms with Crippen LogP contribution in [0.5, 0.6) is 0 Å². The van der Waals surface area contributed by atoms with Crippen molar-refractivity contribution in [2.75, 3.05) is 0 Å². The predicted molar refractivity (Wildman–Crippen MR) is 86.6 cm³/mol. The summed E-state index contributed by atoms with van der Waals surface area (Å²) >= 11 is 0. The third kappa shape index (κ3) is 2.81. The number of carbonyl (C=O) groups is 1. The van der Waals surface area contributed by atoms with Crippen molar-refractivity contribution in [3.05, 3.63) is 72.1 Å². The molecule has 112 valence electrons. The van der Waals surface area contributed by atoms with Crippen LogP contribution in [0.2, 0.25) is 0 Å². The number of nitrogens with one attached hydrogen (secondary N) is 1. The fraction of sp³-hybridized carbons (Fsp3) is 0.167. The van der Waals surface area contributed by atoms with Gasteiger partial charge in [0.2, 0.25) is 0 Å². The number of hydrogen-bond acceptors (Lipinski definition) is 2. The van der Waals surface area contributed by atoms with Crippen LogP contribution in [0.3, 0.4) is 0 Å². The maximum Gasteiger partial charge on any atom is 0.268 e. The summed E-state index contributed by atoms with van der Waals surface area (Å²) in [7, 11) is 0. The summed E-state index contributed by atoms with van der Waals surface area (Å²) in [5.41, 5.74) is 4.26. The third-order valence-corrected chi connectivity index (χ3v) is 3.48. The van der Waals surface area contributed by atoms with Gasteiger partial charge in [-0.2, -0.15) is 0 Å². The lowest BCUT2D eigenvalue weighted by atomic mass is 10.2.